The van der Waals surface area contributed by atoms with Crippen molar-refractivity contribution in [2.75, 3.05) is 64.0 Å². The van der Waals surface area contributed by atoms with Gasteiger partial charge in [0.15, 0.2) is 16.7 Å². The second-order valence-corrected chi connectivity index (χ2v) is 14.7. The molecule has 14 nitrogen and oxygen atoms in total. The van der Waals surface area contributed by atoms with Crippen molar-refractivity contribution >= 4 is 40.3 Å². The number of aryl methyl sites for hydroxylation is 1. The number of halogens is 2. The molecule has 3 atom stereocenters. The molecule has 3 fully saturated rings. The Labute approximate surface area is 311 Å². The van der Waals surface area contributed by atoms with Gasteiger partial charge in [0.25, 0.3) is 5.91 Å². The van der Waals surface area contributed by atoms with Gasteiger partial charge in [0.05, 0.1) is 37.4 Å². The van der Waals surface area contributed by atoms with Crippen LogP contribution in [0.2, 0.25) is 5.15 Å². The Morgan fingerprint density at radius 1 is 1.02 bits per heavy atom. The van der Waals surface area contributed by atoms with Gasteiger partial charge < -0.3 is 28.9 Å². The molecule has 8 rings (SSSR count). The highest BCUT2D eigenvalue weighted by molar-refractivity contribution is 6.30. The number of pyridine rings is 1. The van der Waals surface area contributed by atoms with Crippen molar-refractivity contribution in [1.82, 2.24) is 39.4 Å². The number of ether oxygens (including phenoxy) is 3. The lowest BCUT2D eigenvalue weighted by molar-refractivity contribution is -0.0229. The van der Waals surface area contributed by atoms with Gasteiger partial charge in [-0.25, -0.2) is 14.2 Å². The zero-order chi connectivity index (χ0) is 36.5. The first-order chi connectivity index (χ1) is 25.8. The monoisotopic (exact) mass is 747 g/mol. The number of carbonyl (C=O) groups is 2. The van der Waals surface area contributed by atoms with Crippen LogP contribution in [0.4, 0.5) is 15.0 Å². The molecule has 4 aliphatic heterocycles. The third kappa shape index (κ3) is 7.60. The van der Waals surface area contributed by atoms with Crippen LogP contribution in [0.3, 0.4) is 0 Å². The molecule has 2 amide bonds. The molecule has 53 heavy (non-hydrogen) atoms. The first-order valence-electron chi connectivity index (χ1n) is 18.4. The van der Waals surface area contributed by atoms with E-state index in [-0.39, 0.29) is 35.1 Å². The lowest BCUT2D eigenvalue weighted by Crippen LogP contribution is -2.50. The average Bonchev–Trinajstić information content (AvgIpc) is 3.58. The van der Waals surface area contributed by atoms with E-state index in [1.165, 1.54) is 6.20 Å². The summed E-state index contributed by atoms with van der Waals surface area (Å²) in [6, 6.07) is 12.3. The van der Waals surface area contributed by atoms with E-state index in [4.69, 9.17) is 30.8 Å². The van der Waals surface area contributed by atoms with Gasteiger partial charge in [0.2, 0.25) is 0 Å². The van der Waals surface area contributed by atoms with Gasteiger partial charge in [-0.1, -0.05) is 48.9 Å². The smallest absolute Gasteiger partial charge is 0.410 e. The van der Waals surface area contributed by atoms with Crippen LogP contribution in [-0.4, -0.2) is 123 Å². The van der Waals surface area contributed by atoms with Crippen molar-refractivity contribution in [3.63, 3.8) is 0 Å². The maximum absolute atomic E-state index is 15.4. The SMILES string of the molecule is C[C@@H](COc1nc(N2CCCn3nc(C(=O)N4CCN(C(=O)OCc5ccccc5)CC4)cc3C2)c2cnc(Cl)c(F)c2n1)CN1C2CCC1COC2. The lowest BCUT2D eigenvalue weighted by Gasteiger charge is -2.36. The third-order valence-corrected chi connectivity index (χ3v) is 10.8. The van der Waals surface area contributed by atoms with Crippen molar-refractivity contribution < 1.29 is 28.2 Å². The molecule has 7 heterocycles. The zero-order valence-electron chi connectivity index (χ0n) is 29.7. The summed E-state index contributed by atoms with van der Waals surface area (Å²) in [5.41, 5.74) is 2.11. The van der Waals surface area contributed by atoms with Crippen LogP contribution in [0.1, 0.15) is 47.9 Å². The minimum atomic E-state index is -0.729. The molecule has 280 valence electrons. The minimum Gasteiger partial charge on any atom is -0.463 e. The van der Waals surface area contributed by atoms with E-state index in [2.05, 4.69) is 26.9 Å². The highest BCUT2D eigenvalue weighted by atomic mass is 35.5. The molecule has 4 aromatic rings. The van der Waals surface area contributed by atoms with Gasteiger partial charge in [0, 0.05) is 70.0 Å². The fourth-order valence-electron chi connectivity index (χ4n) is 7.76. The fourth-order valence-corrected chi connectivity index (χ4v) is 7.90. The number of aromatic nitrogens is 5. The number of hydrogen-bond donors (Lipinski definition) is 0. The molecule has 4 aliphatic rings. The molecule has 0 radical (unpaired) electrons. The van der Waals surface area contributed by atoms with E-state index < -0.39 is 11.9 Å². The minimum absolute atomic E-state index is 0.0422. The summed E-state index contributed by atoms with van der Waals surface area (Å²) in [6.07, 6.45) is 4.10. The quantitative estimate of drug-likeness (QED) is 0.226. The molecular formula is C37H43ClFN9O5. The van der Waals surface area contributed by atoms with Crippen molar-refractivity contribution in [2.45, 2.75) is 58.0 Å². The normalized spacial score (nSPS) is 21.0. The molecule has 16 heteroatoms. The summed E-state index contributed by atoms with van der Waals surface area (Å²) in [5, 5.41) is 4.83. The second-order valence-electron chi connectivity index (χ2n) is 14.3. The molecule has 1 aromatic carbocycles. The van der Waals surface area contributed by atoms with Crippen LogP contribution in [-0.2, 0) is 29.2 Å². The van der Waals surface area contributed by atoms with Crippen molar-refractivity contribution in [1.29, 1.82) is 0 Å². The average molecular weight is 748 g/mol. The largest absolute Gasteiger partial charge is 0.463 e. The van der Waals surface area contributed by atoms with E-state index in [1.807, 2.05) is 39.9 Å². The van der Waals surface area contributed by atoms with Gasteiger partial charge in [-0.05, 0) is 30.9 Å². The molecule has 0 spiro atoms. The van der Waals surface area contributed by atoms with Crippen LogP contribution in [0.15, 0.2) is 42.6 Å². The van der Waals surface area contributed by atoms with Crippen molar-refractivity contribution in [3.05, 3.63) is 70.5 Å². The Kier molecular flexibility index (Phi) is 10.3. The number of hydrogen-bond acceptors (Lipinski definition) is 11. The Morgan fingerprint density at radius 3 is 2.55 bits per heavy atom. The second kappa shape index (κ2) is 15.4. The maximum Gasteiger partial charge on any atom is 0.410 e. The number of fused-ring (bicyclic) bond motifs is 4. The molecule has 0 N–H and O–H groups in total. The number of piperazine rings is 1. The Morgan fingerprint density at radius 2 is 1.77 bits per heavy atom. The van der Waals surface area contributed by atoms with Crippen LogP contribution < -0.4 is 9.64 Å². The van der Waals surface area contributed by atoms with E-state index in [1.54, 1.807) is 15.9 Å². The van der Waals surface area contributed by atoms with Crippen LogP contribution in [0, 0.1) is 11.7 Å². The number of nitrogens with zero attached hydrogens (tertiary/aromatic N) is 9. The van der Waals surface area contributed by atoms with Gasteiger partial charge in [-0.3, -0.25) is 14.4 Å². The first-order valence-corrected chi connectivity index (χ1v) is 18.7. The van der Waals surface area contributed by atoms with E-state index >= 15 is 4.39 Å². The van der Waals surface area contributed by atoms with Crippen LogP contribution in [0.5, 0.6) is 6.01 Å². The number of rotatable bonds is 9. The van der Waals surface area contributed by atoms with E-state index in [9.17, 15) is 9.59 Å². The standard InChI is InChI=1S/C37H43ClFN9O5/c1-24(18-47-26-8-9-27(47)23-51-22-26)20-52-36-41-32-29(17-40-33(38)31(32)39)34(42-36)46-10-5-11-48-28(19-46)16-30(43-48)35(49)44-12-14-45(15-13-44)37(50)53-21-25-6-3-2-4-7-25/h2-4,6-7,16-17,24,26-27H,5,8-15,18-23H2,1H3/t24-,26?,27?/m1/s1. The van der Waals surface area contributed by atoms with Crippen LogP contribution >= 0.6 is 11.6 Å². The van der Waals surface area contributed by atoms with Gasteiger partial charge in [0.1, 0.15) is 17.9 Å². The number of amides is 2. The van der Waals surface area contributed by atoms with Crippen molar-refractivity contribution in [3.8, 4) is 6.01 Å². The van der Waals surface area contributed by atoms with Gasteiger partial charge >= 0.3 is 12.1 Å². The molecule has 0 aliphatic carbocycles. The molecule has 3 saturated heterocycles. The van der Waals surface area contributed by atoms with Crippen molar-refractivity contribution in [2.24, 2.45) is 5.92 Å². The fraction of sp³-hybridized carbons (Fsp3) is 0.514. The summed E-state index contributed by atoms with van der Waals surface area (Å²) < 4.78 is 34.7. The number of anilines is 1. The number of benzene rings is 1. The highest BCUT2D eigenvalue weighted by Gasteiger charge is 2.38. The topological polar surface area (TPSA) is 131 Å². The summed E-state index contributed by atoms with van der Waals surface area (Å²) in [7, 11) is 0. The third-order valence-electron chi connectivity index (χ3n) is 10.6. The molecule has 0 saturated carbocycles. The Hall–Kier alpha value is -4.60. The molecule has 2 bridgehead atoms. The van der Waals surface area contributed by atoms with E-state index in [0.29, 0.717) is 87.8 Å². The summed E-state index contributed by atoms with van der Waals surface area (Å²) in [6.45, 7) is 8.14. The summed E-state index contributed by atoms with van der Waals surface area (Å²) in [5.74, 6) is -0.264. The predicted molar refractivity (Wildman–Crippen MR) is 193 cm³/mol. The molecule has 2 unspecified atom stereocenters. The lowest BCUT2D eigenvalue weighted by atomic mass is 10.1. The Bertz CT molecular complexity index is 1940. The van der Waals surface area contributed by atoms with Crippen LogP contribution in [0.25, 0.3) is 10.9 Å². The molecule has 3 aromatic heterocycles. The Balaban J connectivity index is 0.938. The molecular weight excluding hydrogens is 705 g/mol. The first kappa shape index (κ1) is 35.4. The summed E-state index contributed by atoms with van der Waals surface area (Å²) in [4.78, 5) is 47.5. The predicted octanol–water partition coefficient (Wildman–Crippen LogP) is 4.40. The number of morpholine rings is 1. The summed E-state index contributed by atoms with van der Waals surface area (Å²) >= 11 is 6.11. The van der Waals surface area contributed by atoms with Gasteiger partial charge in [-0.15, -0.1) is 0 Å². The van der Waals surface area contributed by atoms with Gasteiger partial charge in [-0.2, -0.15) is 15.1 Å². The highest BCUT2D eigenvalue weighted by Crippen LogP contribution is 2.33. The maximum atomic E-state index is 15.4. The zero-order valence-corrected chi connectivity index (χ0v) is 30.5. The van der Waals surface area contributed by atoms with E-state index in [0.717, 1.165) is 43.9 Å². The number of carbonyl (C=O) groups excluding carboxylic acids is 2.